The molecule has 2 rings (SSSR count). The predicted molar refractivity (Wildman–Crippen MR) is 71.3 cm³/mol. The number of ether oxygens (including phenoxy) is 1. The summed E-state index contributed by atoms with van der Waals surface area (Å²) in [6.07, 6.45) is 1.41. The fraction of sp³-hybridized carbons (Fsp3) is 0.571. The highest BCUT2D eigenvalue weighted by atomic mass is 16.5. The Kier molecular flexibility index (Phi) is 4.02. The van der Waals surface area contributed by atoms with Crippen LogP contribution in [0.2, 0.25) is 0 Å². The number of benzene rings is 1. The summed E-state index contributed by atoms with van der Waals surface area (Å²) >= 11 is 0. The van der Waals surface area contributed by atoms with Crippen LogP contribution in [0, 0.1) is 0 Å². The van der Waals surface area contributed by atoms with Gasteiger partial charge in [-0.05, 0) is 38.0 Å². The van der Waals surface area contributed by atoms with E-state index in [0.29, 0.717) is 6.10 Å². The molecule has 3 nitrogen and oxygen atoms in total. The minimum atomic E-state index is 0.107. The molecule has 0 bridgehead atoms. The second-order valence-electron chi connectivity index (χ2n) is 4.86. The zero-order valence-electron chi connectivity index (χ0n) is 10.7. The molecule has 0 aromatic heterocycles. The number of anilines is 1. The zero-order chi connectivity index (χ0) is 12.3. The maximum Gasteiger partial charge on any atom is 0.0721 e. The fourth-order valence-corrected chi connectivity index (χ4v) is 2.22. The Morgan fingerprint density at radius 3 is 2.71 bits per heavy atom. The molecular weight excluding hydrogens is 212 g/mol. The quantitative estimate of drug-likeness (QED) is 0.853. The van der Waals surface area contributed by atoms with Crippen molar-refractivity contribution in [2.45, 2.75) is 32.4 Å². The predicted octanol–water partition coefficient (Wildman–Crippen LogP) is 2.32. The standard InChI is InChI=1S/C14H22N2O/c1-11-10-16(8-3-9-17-11)14-6-4-13(5-7-14)12(2)15/h4-7,11-12H,3,8-10,15H2,1-2H3/t11?,12-/m0/s1. The molecule has 0 radical (unpaired) electrons. The van der Waals surface area contributed by atoms with Gasteiger partial charge in [-0.1, -0.05) is 12.1 Å². The first-order valence-corrected chi connectivity index (χ1v) is 6.39. The molecule has 1 saturated heterocycles. The summed E-state index contributed by atoms with van der Waals surface area (Å²) in [5.41, 5.74) is 8.31. The molecule has 0 saturated carbocycles. The SMILES string of the molecule is CC1CN(c2ccc([C@H](C)N)cc2)CCCO1. The second kappa shape index (κ2) is 5.52. The van der Waals surface area contributed by atoms with Crippen LogP contribution in [0.25, 0.3) is 0 Å². The summed E-state index contributed by atoms with van der Waals surface area (Å²) in [6, 6.07) is 8.68. The van der Waals surface area contributed by atoms with Gasteiger partial charge in [0.1, 0.15) is 0 Å². The lowest BCUT2D eigenvalue weighted by molar-refractivity contribution is 0.0821. The largest absolute Gasteiger partial charge is 0.377 e. The van der Waals surface area contributed by atoms with Gasteiger partial charge in [0.25, 0.3) is 0 Å². The molecule has 3 heteroatoms. The highest BCUT2D eigenvalue weighted by Gasteiger charge is 2.15. The van der Waals surface area contributed by atoms with Crippen LogP contribution in [-0.2, 0) is 4.74 Å². The molecule has 1 aromatic carbocycles. The summed E-state index contributed by atoms with van der Waals surface area (Å²) in [5.74, 6) is 0. The molecule has 2 N–H and O–H groups in total. The van der Waals surface area contributed by atoms with E-state index in [4.69, 9.17) is 10.5 Å². The molecule has 0 spiro atoms. The Hall–Kier alpha value is -1.06. The van der Waals surface area contributed by atoms with Gasteiger partial charge in [0.05, 0.1) is 6.10 Å². The van der Waals surface area contributed by atoms with Crippen molar-refractivity contribution < 1.29 is 4.74 Å². The Balaban J connectivity index is 2.10. The number of hydrogen-bond donors (Lipinski definition) is 1. The number of nitrogens with zero attached hydrogens (tertiary/aromatic N) is 1. The monoisotopic (exact) mass is 234 g/mol. The summed E-state index contributed by atoms with van der Waals surface area (Å²) in [4.78, 5) is 2.39. The molecule has 17 heavy (non-hydrogen) atoms. The highest BCUT2D eigenvalue weighted by Crippen LogP contribution is 2.20. The summed E-state index contributed by atoms with van der Waals surface area (Å²) in [7, 11) is 0. The van der Waals surface area contributed by atoms with Crippen molar-refractivity contribution in [2.24, 2.45) is 5.73 Å². The lowest BCUT2D eigenvalue weighted by Crippen LogP contribution is -2.30. The minimum Gasteiger partial charge on any atom is -0.377 e. The van der Waals surface area contributed by atoms with Crippen LogP contribution in [0.3, 0.4) is 0 Å². The van der Waals surface area contributed by atoms with Gasteiger partial charge in [-0.25, -0.2) is 0 Å². The molecule has 1 aliphatic heterocycles. The molecular formula is C14H22N2O. The third-order valence-electron chi connectivity index (χ3n) is 3.24. The maximum atomic E-state index is 5.86. The average molecular weight is 234 g/mol. The Morgan fingerprint density at radius 1 is 1.35 bits per heavy atom. The first-order valence-electron chi connectivity index (χ1n) is 6.39. The Morgan fingerprint density at radius 2 is 2.06 bits per heavy atom. The van der Waals surface area contributed by atoms with E-state index < -0.39 is 0 Å². The first-order chi connectivity index (χ1) is 8.16. The number of rotatable bonds is 2. The highest BCUT2D eigenvalue weighted by molar-refractivity contribution is 5.48. The van der Waals surface area contributed by atoms with Crippen LogP contribution < -0.4 is 10.6 Å². The summed E-state index contributed by atoms with van der Waals surface area (Å²) < 4.78 is 5.65. The van der Waals surface area contributed by atoms with E-state index in [1.165, 1.54) is 11.3 Å². The van der Waals surface area contributed by atoms with E-state index in [2.05, 4.69) is 36.1 Å². The summed E-state index contributed by atoms with van der Waals surface area (Å²) in [6.45, 7) is 7.06. The van der Waals surface area contributed by atoms with Crippen molar-refractivity contribution in [1.29, 1.82) is 0 Å². The lowest BCUT2D eigenvalue weighted by Gasteiger charge is -2.24. The smallest absolute Gasteiger partial charge is 0.0721 e. The number of hydrogen-bond acceptors (Lipinski definition) is 3. The van der Waals surface area contributed by atoms with Crippen molar-refractivity contribution in [3.8, 4) is 0 Å². The second-order valence-corrected chi connectivity index (χ2v) is 4.86. The minimum absolute atomic E-state index is 0.107. The molecule has 1 aromatic rings. The lowest BCUT2D eigenvalue weighted by atomic mass is 10.1. The van der Waals surface area contributed by atoms with Gasteiger partial charge in [-0.15, -0.1) is 0 Å². The van der Waals surface area contributed by atoms with Crippen molar-refractivity contribution in [1.82, 2.24) is 0 Å². The Labute approximate surface area is 104 Å². The zero-order valence-corrected chi connectivity index (χ0v) is 10.7. The van der Waals surface area contributed by atoms with E-state index >= 15 is 0 Å². The van der Waals surface area contributed by atoms with Crippen molar-refractivity contribution in [3.05, 3.63) is 29.8 Å². The molecule has 1 heterocycles. The molecule has 2 atom stereocenters. The Bertz CT molecular complexity index is 348. The van der Waals surface area contributed by atoms with Crippen LogP contribution >= 0.6 is 0 Å². The molecule has 1 unspecified atom stereocenters. The van der Waals surface area contributed by atoms with Gasteiger partial charge < -0.3 is 15.4 Å². The number of nitrogens with two attached hydrogens (primary N) is 1. The maximum absolute atomic E-state index is 5.86. The molecule has 1 fully saturated rings. The topological polar surface area (TPSA) is 38.5 Å². The van der Waals surface area contributed by atoms with Crippen LogP contribution in [0.1, 0.15) is 31.9 Å². The van der Waals surface area contributed by atoms with E-state index in [9.17, 15) is 0 Å². The molecule has 94 valence electrons. The van der Waals surface area contributed by atoms with E-state index in [1.54, 1.807) is 0 Å². The van der Waals surface area contributed by atoms with Gasteiger partial charge in [0.2, 0.25) is 0 Å². The van der Waals surface area contributed by atoms with Crippen molar-refractivity contribution in [3.63, 3.8) is 0 Å². The van der Waals surface area contributed by atoms with E-state index in [1.807, 2.05) is 6.92 Å². The van der Waals surface area contributed by atoms with Crippen LogP contribution in [0.5, 0.6) is 0 Å². The van der Waals surface area contributed by atoms with Gasteiger partial charge >= 0.3 is 0 Å². The van der Waals surface area contributed by atoms with Crippen molar-refractivity contribution >= 4 is 5.69 Å². The van der Waals surface area contributed by atoms with Crippen molar-refractivity contribution in [2.75, 3.05) is 24.6 Å². The van der Waals surface area contributed by atoms with Gasteiger partial charge in [-0.3, -0.25) is 0 Å². The van der Waals surface area contributed by atoms with Crippen LogP contribution in [0.15, 0.2) is 24.3 Å². The van der Waals surface area contributed by atoms with E-state index in [0.717, 1.165) is 26.1 Å². The fourth-order valence-electron chi connectivity index (χ4n) is 2.22. The van der Waals surface area contributed by atoms with Gasteiger partial charge in [0, 0.05) is 31.4 Å². The molecule has 0 aliphatic carbocycles. The average Bonchev–Trinajstić information content (AvgIpc) is 2.54. The van der Waals surface area contributed by atoms with E-state index in [-0.39, 0.29) is 6.04 Å². The van der Waals surface area contributed by atoms with Crippen LogP contribution in [-0.4, -0.2) is 25.8 Å². The molecule has 1 aliphatic rings. The van der Waals surface area contributed by atoms with Gasteiger partial charge in [0.15, 0.2) is 0 Å². The summed E-state index contributed by atoms with van der Waals surface area (Å²) in [5, 5.41) is 0. The molecule has 0 amide bonds. The first kappa shape index (κ1) is 12.4. The third-order valence-corrected chi connectivity index (χ3v) is 3.24. The van der Waals surface area contributed by atoms with Gasteiger partial charge in [-0.2, -0.15) is 0 Å². The third kappa shape index (κ3) is 3.20. The normalized spacial score (nSPS) is 23.2. The van der Waals surface area contributed by atoms with Crippen LogP contribution in [0.4, 0.5) is 5.69 Å².